The first kappa shape index (κ1) is 23.5. The molecule has 32 heavy (non-hydrogen) atoms. The molecule has 0 aliphatic carbocycles. The van der Waals surface area contributed by atoms with Crippen LogP contribution in [0.1, 0.15) is 11.1 Å². The van der Waals surface area contributed by atoms with E-state index in [0.717, 1.165) is 16.8 Å². The van der Waals surface area contributed by atoms with E-state index in [1.807, 2.05) is 43.6 Å². The number of fused-ring (bicyclic) bond motifs is 1. The zero-order valence-electron chi connectivity index (χ0n) is 18.4. The SMILES string of the molecule is CNC[C@](O)(c1cc(OC)cc(OC)c1)c1ccc2ncc(-c3cnn(C)c3)nc2c1.Cl. The minimum Gasteiger partial charge on any atom is -0.497 e. The van der Waals surface area contributed by atoms with Crippen LogP contribution in [0.5, 0.6) is 11.5 Å². The number of halogens is 1. The zero-order valence-corrected chi connectivity index (χ0v) is 19.2. The number of benzene rings is 2. The van der Waals surface area contributed by atoms with Gasteiger partial charge in [0.15, 0.2) is 0 Å². The quantitative estimate of drug-likeness (QED) is 0.442. The third kappa shape index (κ3) is 4.38. The van der Waals surface area contributed by atoms with Gasteiger partial charge in [-0.1, -0.05) is 6.07 Å². The molecule has 0 spiro atoms. The van der Waals surface area contributed by atoms with Crippen LogP contribution in [0.4, 0.5) is 0 Å². The highest BCUT2D eigenvalue weighted by atomic mass is 35.5. The van der Waals surface area contributed by atoms with Gasteiger partial charge in [-0.05, 0) is 42.4 Å². The van der Waals surface area contributed by atoms with Crippen molar-refractivity contribution in [3.8, 4) is 22.8 Å². The normalized spacial score (nSPS) is 12.8. The standard InChI is InChI=1S/C23H25N5O3.ClH/c1-24-14-23(29,17-7-18(30-3)10-19(8-17)31-4)16-5-6-20-21(9-16)27-22(12-25-20)15-11-26-28(2)13-15;/h5-13,24,29H,14H2,1-4H3;1H/t23-;/m1./s1. The maximum atomic E-state index is 11.8. The summed E-state index contributed by atoms with van der Waals surface area (Å²) in [6.45, 7) is 0.282. The van der Waals surface area contributed by atoms with Gasteiger partial charge in [-0.3, -0.25) is 9.67 Å². The minimum absolute atomic E-state index is 0. The molecule has 4 rings (SSSR count). The maximum absolute atomic E-state index is 11.8. The fourth-order valence-electron chi connectivity index (χ4n) is 3.63. The summed E-state index contributed by atoms with van der Waals surface area (Å²) < 4.78 is 12.5. The Morgan fingerprint density at radius 1 is 1.00 bits per heavy atom. The summed E-state index contributed by atoms with van der Waals surface area (Å²) in [7, 11) is 6.82. The average Bonchev–Trinajstić information content (AvgIpc) is 3.24. The molecule has 0 unspecified atom stereocenters. The van der Waals surface area contributed by atoms with E-state index in [0.29, 0.717) is 28.1 Å². The number of nitrogens with one attached hydrogen (secondary N) is 1. The van der Waals surface area contributed by atoms with Gasteiger partial charge in [0, 0.05) is 31.4 Å². The Kier molecular flexibility index (Phi) is 6.98. The van der Waals surface area contributed by atoms with Crippen molar-refractivity contribution in [2.75, 3.05) is 27.8 Å². The molecule has 8 nitrogen and oxygen atoms in total. The monoisotopic (exact) mass is 455 g/mol. The third-order valence-corrected chi connectivity index (χ3v) is 5.28. The number of methoxy groups -OCH3 is 2. The summed E-state index contributed by atoms with van der Waals surface area (Å²) >= 11 is 0. The predicted molar refractivity (Wildman–Crippen MR) is 125 cm³/mol. The Hall–Kier alpha value is -3.20. The Morgan fingerprint density at radius 2 is 1.72 bits per heavy atom. The van der Waals surface area contributed by atoms with Crippen LogP contribution in [0.3, 0.4) is 0 Å². The Bertz CT molecular complexity index is 1210. The van der Waals surface area contributed by atoms with Gasteiger partial charge >= 0.3 is 0 Å². The fourth-order valence-corrected chi connectivity index (χ4v) is 3.63. The molecule has 9 heteroatoms. The molecule has 0 aliphatic heterocycles. The number of hydrogen-bond donors (Lipinski definition) is 2. The Labute approximate surface area is 192 Å². The molecule has 0 fully saturated rings. The predicted octanol–water partition coefficient (Wildman–Crippen LogP) is 2.92. The molecular formula is C23H26ClN5O3. The summed E-state index contributed by atoms with van der Waals surface area (Å²) in [6, 6.07) is 11.0. The van der Waals surface area contributed by atoms with Crippen LogP contribution in [-0.4, -0.2) is 52.7 Å². The van der Waals surface area contributed by atoms with Gasteiger partial charge in [-0.25, -0.2) is 4.98 Å². The number of ether oxygens (including phenoxy) is 2. The van der Waals surface area contributed by atoms with Crippen molar-refractivity contribution in [3.63, 3.8) is 0 Å². The number of aryl methyl sites for hydroxylation is 1. The third-order valence-electron chi connectivity index (χ3n) is 5.28. The lowest BCUT2D eigenvalue weighted by molar-refractivity contribution is 0.0819. The average molecular weight is 456 g/mol. The lowest BCUT2D eigenvalue weighted by atomic mass is 9.85. The first-order valence-corrected chi connectivity index (χ1v) is 9.83. The maximum Gasteiger partial charge on any atom is 0.127 e. The highest BCUT2D eigenvalue weighted by Gasteiger charge is 2.32. The molecular weight excluding hydrogens is 430 g/mol. The first-order valence-electron chi connectivity index (χ1n) is 9.83. The van der Waals surface area contributed by atoms with Crippen molar-refractivity contribution >= 4 is 23.4 Å². The molecule has 2 heterocycles. The van der Waals surface area contributed by atoms with Crippen molar-refractivity contribution in [1.29, 1.82) is 0 Å². The molecule has 0 aliphatic rings. The molecule has 168 valence electrons. The van der Waals surface area contributed by atoms with Gasteiger partial charge in [-0.15, -0.1) is 12.4 Å². The van der Waals surface area contributed by atoms with E-state index in [-0.39, 0.29) is 19.0 Å². The molecule has 1 atom stereocenters. The molecule has 2 aromatic carbocycles. The molecule has 4 aromatic rings. The Balaban J connectivity index is 0.00000289. The minimum atomic E-state index is -1.34. The van der Waals surface area contributed by atoms with Crippen LogP contribution in [0, 0.1) is 0 Å². The molecule has 2 N–H and O–H groups in total. The largest absolute Gasteiger partial charge is 0.497 e. The van der Waals surface area contributed by atoms with Crippen molar-refractivity contribution in [1.82, 2.24) is 25.1 Å². The lowest BCUT2D eigenvalue weighted by Crippen LogP contribution is -2.37. The van der Waals surface area contributed by atoms with E-state index in [2.05, 4.69) is 15.4 Å². The van der Waals surface area contributed by atoms with Gasteiger partial charge in [0.05, 0.1) is 43.3 Å². The molecule has 0 saturated carbocycles. The molecule has 0 bridgehead atoms. The van der Waals surface area contributed by atoms with Gasteiger partial charge in [0.25, 0.3) is 0 Å². The van der Waals surface area contributed by atoms with Crippen molar-refractivity contribution in [2.24, 2.45) is 7.05 Å². The van der Waals surface area contributed by atoms with E-state index >= 15 is 0 Å². The van der Waals surface area contributed by atoms with Gasteiger partial charge in [0.1, 0.15) is 17.1 Å². The topological polar surface area (TPSA) is 94.3 Å². The summed E-state index contributed by atoms with van der Waals surface area (Å²) in [5, 5.41) is 19.1. The van der Waals surface area contributed by atoms with Gasteiger partial charge < -0.3 is 19.9 Å². The van der Waals surface area contributed by atoms with E-state index < -0.39 is 5.60 Å². The zero-order chi connectivity index (χ0) is 22.0. The molecule has 2 aromatic heterocycles. The van der Waals surface area contributed by atoms with E-state index in [1.165, 1.54) is 0 Å². The van der Waals surface area contributed by atoms with Crippen molar-refractivity contribution < 1.29 is 14.6 Å². The number of nitrogens with zero attached hydrogens (tertiary/aromatic N) is 4. The van der Waals surface area contributed by atoms with Gasteiger partial charge in [-0.2, -0.15) is 5.10 Å². The number of hydrogen-bond acceptors (Lipinski definition) is 7. The van der Waals surface area contributed by atoms with Crippen LogP contribution >= 0.6 is 12.4 Å². The smallest absolute Gasteiger partial charge is 0.127 e. The second-order valence-corrected chi connectivity index (χ2v) is 7.35. The number of aliphatic hydroxyl groups is 1. The highest BCUT2D eigenvalue weighted by molar-refractivity contribution is 5.85. The van der Waals surface area contributed by atoms with Crippen molar-refractivity contribution in [3.05, 3.63) is 66.1 Å². The van der Waals surface area contributed by atoms with Crippen LogP contribution in [0.2, 0.25) is 0 Å². The fraction of sp³-hybridized carbons (Fsp3) is 0.261. The molecule has 0 radical (unpaired) electrons. The van der Waals surface area contributed by atoms with Crippen LogP contribution in [0.25, 0.3) is 22.3 Å². The molecule has 0 amide bonds. The number of aromatic nitrogens is 4. The molecule has 0 saturated heterocycles. The van der Waals surface area contributed by atoms with Gasteiger partial charge in [0.2, 0.25) is 0 Å². The van der Waals surface area contributed by atoms with E-state index in [1.54, 1.807) is 44.4 Å². The van der Waals surface area contributed by atoms with Crippen LogP contribution in [0.15, 0.2) is 55.0 Å². The number of rotatable bonds is 7. The second-order valence-electron chi connectivity index (χ2n) is 7.35. The van der Waals surface area contributed by atoms with Crippen molar-refractivity contribution in [2.45, 2.75) is 5.60 Å². The summed E-state index contributed by atoms with van der Waals surface area (Å²) in [5.41, 5.74) is 3.02. The lowest BCUT2D eigenvalue weighted by Gasteiger charge is -2.30. The van der Waals surface area contributed by atoms with Crippen LogP contribution < -0.4 is 14.8 Å². The number of likely N-dealkylation sites (N-methyl/N-ethyl adjacent to an activating group) is 1. The first-order chi connectivity index (χ1) is 15.0. The summed E-state index contributed by atoms with van der Waals surface area (Å²) in [4.78, 5) is 9.28. The highest BCUT2D eigenvalue weighted by Crippen LogP contribution is 2.35. The van der Waals surface area contributed by atoms with Crippen LogP contribution in [-0.2, 0) is 12.6 Å². The second kappa shape index (κ2) is 9.52. The summed E-state index contributed by atoms with van der Waals surface area (Å²) in [5.74, 6) is 1.20. The van der Waals surface area contributed by atoms with E-state index in [9.17, 15) is 5.11 Å². The summed E-state index contributed by atoms with van der Waals surface area (Å²) in [6.07, 6.45) is 5.37. The van der Waals surface area contributed by atoms with E-state index in [4.69, 9.17) is 14.5 Å². The Morgan fingerprint density at radius 3 is 2.31 bits per heavy atom.